The first-order chi connectivity index (χ1) is 3.81. The summed E-state index contributed by atoms with van der Waals surface area (Å²) in [6.45, 7) is 6.00. The predicted molar refractivity (Wildman–Crippen MR) is 32.9 cm³/mol. The molecule has 0 radical (unpaired) electrons. The second-order valence-electron chi connectivity index (χ2n) is 0.589. The van der Waals surface area contributed by atoms with Gasteiger partial charge in [0.25, 0.3) is 0 Å². The van der Waals surface area contributed by atoms with E-state index < -0.39 is 8.25 Å². The Morgan fingerprint density at radius 1 is 1.25 bits per heavy atom. The second kappa shape index (κ2) is 9.90. The van der Waals surface area contributed by atoms with Crippen LogP contribution in [-0.2, 0) is 13.6 Å². The molecule has 0 aliphatic rings. The zero-order valence-electron chi connectivity index (χ0n) is 5.09. The lowest BCUT2D eigenvalue weighted by Gasteiger charge is -1.66. The molecular weight excluding hydrogens is 127 g/mol. The molecule has 0 N–H and O–H groups in total. The summed E-state index contributed by atoms with van der Waals surface area (Å²) in [5.41, 5.74) is 0. The Labute approximate surface area is 50.3 Å². The molecule has 0 unspecified atom stereocenters. The van der Waals surface area contributed by atoms with Crippen LogP contribution in [0.5, 0.6) is 0 Å². The maximum atomic E-state index is 9.88. The number of hydrogen-bond donors (Lipinski definition) is 0. The minimum Gasteiger partial charge on any atom is -0.122 e. The van der Waals surface area contributed by atoms with E-state index in [1.54, 1.807) is 0 Å². The maximum absolute atomic E-state index is 9.88. The van der Waals surface area contributed by atoms with Gasteiger partial charge in [-0.2, -0.15) is 0 Å². The van der Waals surface area contributed by atoms with Crippen molar-refractivity contribution in [3.8, 4) is 0 Å². The maximum Gasteiger partial charge on any atom is 0.696 e. The van der Waals surface area contributed by atoms with Gasteiger partial charge in [-0.15, -0.1) is 22.2 Å². The highest BCUT2D eigenvalue weighted by Crippen LogP contribution is 2.18. The van der Waals surface area contributed by atoms with E-state index in [0.29, 0.717) is 0 Å². The highest BCUT2D eigenvalue weighted by molar-refractivity contribution is 7.33. The van der Waals surface area contributed by atoms with Crippen molar-refractivity contribution < 1.29 is 13.6 Å². The van der Waals surface area contributed by atoms with Crippen LogP contribution in [0.25, 0.3) is 0 Å². The molecule has 0 saturated heterocycles. The van der Waals surface area contributed by atoms with E-state index in [1.165, 1.54) is 14.2 Å². The standard InChI is InChI=1S/C2H6O3P.C2H4/c1-4-6(3)5-2;1-2/h1-2H3;1-2H2/q+1;. The minimum absolute atomic E-state index is 1.32. The molecule has 4 heteroatoms. The van der Waals surface area contributed by atoms with Crippen LogP contribution >= 0.6 is 8.25 Å². The Kier molecular flexibility index (Phi) is 13.2. The molecule has 0 fully saturated rings. The summed E-state index contributed by atoms with van der Waals surface area (Å²) in [5.74, 6) is 0. The molecule has 0 aromatic rings. The van der Waals surface area contributed by atoms with Gasteiger partial charge < -0.3 is 0 Å². The van der Waals surface area contributed by atoms with Gasteiger partial charge in [-0.05, 0) is 0 Å². The highest BCUT2D eigenvalue weighted by Gasteiger charge is 2.10. The fourth-order valence-corrected chi connectivity index (χ4v) is 0.224. The Bertz CT molecular complexity index is 58.3. The lowest BCUT2D eigenvalue weighted by Crippen LogP contribution is -1.66. The van der Waals surface area contributed by atoms with E-state index in [4.69, 9.17) is 0 Å². The van der Waals surface area contributed by atoms with Gasteiger partial charge in [0, 0.05) is 4.57 Å². The van der Waals surface area contributed by atoms with Gasteiger partial charge in [0.15, 0.2) is 0 Å². The van der Waals surface area contributed by atoms with Crippen LogP contribution in [0.15, 0.2) is 13.2 Å². The summed E-state index contributed by atoms with van der Waals surface area (Å²) < 4.78 is 18.3. The summed E-state index contributed by atoms with van der Waals surface area (Å²) in [6, 6.07) is 0. The SMILES string of the molecule is C=C.CO[P+](=O)OC. The van der Waals surface area contributed by atoms with Gasteiger partial charge in [-0.1, -0.05) is 0 Å². The summed E-state index contributed by atoms with van der Waals surface area (Å²) >= 11 is 0. The lowest BCUT2D eigenvalue weighted by atomic mass is 11.3. The van der Waals surface area contributed by atoms with Crippen LogP contribution in [-0.4, -0.2) is 14.2 Å². The van der Waals surface area contributed by atoms with Crippen LogP contribution in [0.3, 0.4) is 0 Å². The van der Waals surface area contributed by atoms with Crippen molar-refractivity contribution >= 4 is 8.25 Å². The summed E-state index contributed by atoms with van der Waals surface area (Å²) in [4.78, 5) is 0. The molecule has 0 aromatic carbocycles. The zero-order chi connectivity index (χ0) is 6.99. The fraction of sp³-hybridized carbons (Fsp3) is 0.500. The molecule has 48 valence electrons. The monoisotopic (exact) mass is 137 g/mol. The van der Waals surface area contributed by atoms with Crippen molar-refractivity contribution in [2.75, 3.05) is 14.2 Å². The van der Waals surface area contributed by atoms with Crippen molar-refractivity contribution in [1.29, 1.82) is 0 Å². The van der Waals surface area contributed by atoms with Gasteiger partial charge in [0.05, 0.1) is 14.2 Å². The van der Waals surface area contributed by atoms with E-state index in [-0.39, 0.29) is 0 Å². The van der Waals surface area contributed by atoms with Gasteiger partial charge in [0.1, 0.15) is 0 Å². The first-order valence-corrected chi connectivity index (χ1v) is 2.96. The van der Waals surface area contributed by atoms with Crippen LogP contribution in [0, 0.1) is 0 Å². The molecular formula is C4H10O3P+. The molecule has 0 saturated carbocycles. The largest absolute Gasteiger partial charge is 0.696 e. The topological polar surface area (TPSA) is 35.5 Å². The Hall–Kier alpha value is -0.240. The first kappa shape index (κ1) is 10.7. The van der Waals surface area contributed by atoms with Crippen molar-refractivity contribution in [3.63, 3.8) is 0 Å². The normalized spacial score (nSPS) is 6.75. The van der Waals surface area contributed by atoms with Gasteiger partial charge in [-0.25, -0.2) is 0 Å². The molecule has 0 rings (SSSR count). The van der Waals surface area contributed by atoms with Crippen LogP contribution in [0.4, 0.5) is 0 Å². The Morgan fingerprint density at radius 2 is 1.50 bits per heavy atom. The van der Waals surface area contributed by atoms with E-state index in [0.717, 1.165) is 0 Å². The highest BCUT2D eigenvalue weighted by atomic mass is 31.1. The molecule has 0 aliphatic heterocycles. The first-order valence-electron chi connectivity index (χ1n) is 1.86. The molecule has 0 aromatic heterocycles. The lowest BCUT2D eigenvalue weighted by molar-refractivity contribution is 0.302. The Balaban J connectivity index is 0. The van der Waals surface area contributed by atoms with Crippen LogP contribution < -0.4 is 0 Å². The van der Waals surface area contributed by atoms with E-state index in [9.17, 15) is 4.57 Å². The Morgan fingerprint density at radius 3 is 1.50 bits per heavy atom. The minimum atomic E-state index is -1.83. The fourth-order valence-electron chi connectivity index (χ4n) is 0.0745. The number of rotatable bonds is 2. The average Bonchev–Trinajstić information content (AvgIpc) is 1.91. The third-order valence-electron chi connectivity index (χ3n) is 0.298. The number of hydrogen-bond acceptors (Lipinski definition) is 3. The third kappa shape index (κ3) is 9.23. The van der Waals surface area contributed by atoms with Crippen molar-refractivity contribution in [1.82, 2.24) is 0 Å². The molecule has 0 atom stereocenters. The molecule has 3 nitrogen and oxygen atoms in total. The molecule has 0 amide bonds. The van der Waals surface area contributed by atoms with Crippen molar-refractivity contribution in [3.05, 3.63) is 13.2 Å². The molecule has 0 aliphatic carbocycles. The van der Waals surface area contributed by atoms with Crippen LogP contribution in [0.2, 0.25) is 0 Å². The summed E-state index contributed by atoms with van der Waals surface area (Å²) in [6.07, 6.45) is 0. The quantitative estimate of drug-likeness (QED) is 0.429. The zero-order valence-corrected chi connectivity index (χ0v) is 5.98. The van der Waals surface area contributed by atoms with E-state index >= 15 is 0 Å². The smallest absolute Gasteiger partial charge is 0.122 e. The van der Waals surface area contributed by atoms with Crippen molar-refractivity contribution in [2.24, 2.45) is 0 Å². The van der Waals surface area contributed by atoms with Gasteiger partial charge in [0.2, 0.25) is 0 Å². The van der Waals surface area contributed by atoms with E-state index in [1.807, 2.05) is 0 Å². The summed E-state index contributed by atoms with van der Waals surface area (Å²) in [7, 11) is 0.817. The van der Waals surface area contributed by atoms with Crippen molar-refractivity contribution in [2.45, 2.75) is 0 Å². The second-order valence-corrected chi connectivity index (χ2v) is 1.77. The average molecular weight is 137 g/mol. The molecule has 0 bridgehead atoms. The van der Waals surface area contributed by atoms with Crippen LogP contribution in [0.1, 0.15) is 0 Å². The summed E-state index contributed by atoms with van der Waals surface area (Å²) in [5, 5.41) is 0. The molecule has 0 heterocycles. The van der Waals surface area contributed by atoms with Gasteiger partial charge >= 0.3 is 8.25 Å². The molecule has 8 heavy (non-hydrogen) atoms. The molecule has 0 spiro atoms. The third-order valence-corrected chi connectivity index (χ3v) is 0.894. The predicted octanol–water partition coefficient (Wildman–Crippen LogP) is 1.74. The van der Waals surface area contributed by atoms with E-state index in [2.05, 4.69) is 22.2 Å². The van der Waals surface area contributed by atoms with Gasteiger partial charge in [-0.3, -0.25) is 0 Å².